The van der Waals surface area contributed by atoms with E-state index >= 15 is 0 Å². The normalized spacial score (nSPS) is 10.7. The predicted molar refractivity (Wildman–Crippen MR) is 90.4 cm³/mol. The van der Waals surface area contributed by atoms with Crippen LogP contribution in [0, 0.1) is 12.3 Å². The average Bonchev–Trinajstić information content (AvgIpc) is 2.96. The van der Waals surface area contributed by atoms with Crippen LogP contribution in [0.15, 0.2) is 42.5 Å². The van der Waals surface area contributed by atoms with Crippen molar-refractivity contribution in [3.05, 3.63) is 59.3 Å². The molecule has 0 aliphatic heterocycles. The smallest absolute Gasteiger partial charge is 0.143 e. The molecule has 118 valence electrons. The first-order chi connectivity index (χ1) is 11.1. The fourth-order valence-electron chi connectivity index (χ4n) is 2.59. The molecule has 23 heavy (non-hydrogen) atoms. The summed E-state index contributed by atoms with van der Waals surface area (Å²) in [5, 5.41) is 18.0. The minimum absolute atomic E-state index is 0.260. The van der Waals surface area contributed by atoms with Gasteiger partial charge < -0.3 is 4.74 Å². The first-order valence-electron chi connectivity index (χ1n) is 7.28. The number of methoxy groups -OCH3 is 1. The van der Waals surface area contributed by atoms with Gasteiger partial charge in [0, 0.05) is 16.6 Å². The van der Waals surface area contributed by atoms with E-state index in [1.165, 1.54) is 5.01 Å². The highest BCUT2D eigenvalue weighted by Gasteiger charge is 2.15. The summed E-state index contributed by atoms with van der Waals surface area (Å²) in [5.41, 5.74) is 3.54. The lowest BCUT2D eigenvalue weighted by molar-refractivity contribution is 0.412. The van der Waals surface area contributed by atoms with Crippen LogP contribution >= 0.6 is 0 Å². The van der Waals surface area contributed by atoms with Gasteiger partial charge in [-0.05, 0) is 30.7 Å². The topological polar surface area (TPSA) is 91.0 Å². The van der Waals surface area contributed by atoms with Crippen molar-refractivity contribution < 1.29 is 4.74 Å². The Morgan fingerprint density at radius 3 is 2.70 bits per heavy atom. The zero-order chi connectivity index (χ0) is 16.4. The number of nitrogens with two attached hydrogens (primary N) is 1. The number of fused-ring (bicyclic) bond motifs is 1. The third-order valence-corrected chi connectivity index (χ3v) is 3.82. The molecule has 0 spiro atoms. The summed E-state index contributed by atoms with van der Waals surface area (Å²) in [4.78, 5) is 0. The number of H-pyrrole nitrogens is 1. The molecular formula is C17H19N5O. The third kappa shape index (κ3) is 2.89. The molecule has 0 atom stereocenters. The highest BCUT2D eigenvalue weighted by atomic mass is 16.5. The number of ether oxygens (including phenoxy) is 1. The Balaban J connectivity index is 1.84. The fourth-order valence-corrected chi connectivity index (χ4v) is 2.59. The highest BCUT2D eigenvalue weighted by Crippen LogP contribution is 2.21. The summed E-state index contributed by atoms with van der Waals surface area (Å²) in [6, 6.07) is 13.3. The molecule has 6 nitrogen and oxygen atoms in total. The lowest BCUT2D eigenvalue weighted by atomic mass is 10.1. The molecule has 0 aliphatic carbocycles. The van der Waals surface area contributed by atoms with Gasteiger partial charge in [-0.25, -0.2) is 5.84 Å². The molecule has 0 radical (unpaired) electrons. The Hall–Kier alpha value is -2.86. The van der Waals surface area contributed by atoms with Crippen molar-refractivity contribution in [2.24, 2.45) is 5.84 Å². The predicted octanol–water partition coefficient (Wildman–Crippen LogP) is 2.58. The van der Waals surface area contributed by atoms with E-state index in [0.717, 1.165) is 33.5 Å². The fraction of sp³-hybridized carbons (Fsp3) is 0.176. The zero-order valence-corrected chi connectivity index (χ0v) is 13.1. The zero-order valence-electron chi connectivity index (χ0n) is 13.1. The Kier molecular flexibility index (Phi) is 3.99. The second-order valence-corrected chi connectivity index (χ2v) is 5.37. The summed E-state index contributed by atoms with van der Waals surface area (Å²) in [6.07, 6.45) is 0. The summed E-state index contributed by atoms with van der Waals surface area (Å²) in [5.74, 6) is 7.17. The van der Waals surface area contributed by atoms with Crippen molar-refractivity contribution in [1.82, 2.24) is 15.2 Å². The highest BCUT2D eigenvalue weighted by molar-refractivity contribution is 6.08. The molecule has 0 fully saturated rings. The van der Waals surface area contributed by atoms with Crippen molar-refractivity contribution in [3.63, 3.8) is 0 Å². The lowest BCUT2D eigenvalue weighted by Gasteiger charge is -2.20. The number of hydrazine groups is 1. The van der Waals surface area contributed by atoms with Crippen LogP contribution in [0.5, 0.6) is 5.75 Å². The summed E-state index contributed by atoms with van der Waals surface area (Å²) in [7, 11) is 1.63. The van der Waals surface area contributed by atoms with Crippen LogP contribution in [0.25, 0.3) is 10.9 Å². The molecule has 0 bridgehead atoms. The van der Waals surface area contributed by atoms with Crippen molar-refractivity contribution >= 4 is 16.7 Å². The van der Waals surface area contributed by atoms with E-state index in [4.69, 9.17) is 16.0 Å². The van der Waals surface area contributed by atoms with Gasteiger partial charge in [0.05, 0.1) is 19.2 Å². The van der Waals surface area contributed by atoms with Crippen LogP contribution in [0.4, 0.5) is 0 Å². The molecular weight excluding hydrogens is 290 g/mol. The van der Waals surface area contributed by atoms with Crippen LogP contribution in [-0.4, -0.2) is 28.2 Å². The summed E-state index contributed by atoms with van der Waals surface area (Å²) in [6.45, 7) is 2.38. The Morgan fingerprint density at radius 1 is 1.26 bits per heavy atom. The van der Waals surface area contributed by atoms with Gasteiger partial charge in [0.2, 0.25) is 0 Å². The van der Waals surface area contributed by atoms with E-state index in [1.54, 1.807) is 7.11 Å². The number of benzene rings is 2. The van der Waals surface area contributed by atoms with Gasteiger partial charge in [-0.15, -0.1) is 0 Å². The van der Waals surface area contributed by atoms with Gasteiger partial charge in [-0.3, -0.25) is 15.5 Å². The average molecular weight is 309 g/mol. The van der Waals surface area contributed by atoms with Crippen molar-refractivity contribution in [3.8, 4) is 5.75 Å². The molecule has 0 unspecified atom stereocenters. The molecule has 3 aromatic rings. The maximum atomic E-state index is 8.42. The van der Waals surface area contributed by atoms with Crippen molar-refractivity contribution in [2.45, 2.75) is 13.5 Å². The number of hydrogen-bond acceptors (Lipinski definition) is 4. The molecule has 1 aromatic heterocycles. The van der Waals surface area contributed by atoms with Crippen LogP contribution in [0.1, 0.15) is 16.8 Å². The van der Waals surface area contributed by atoms with Crippen LogP contribution in [-0.2, 0) is 6.54 Å². The molecule has 0 saturated carbocycles. The van der Waals surface area contributed by atoms with Gasteiger partial charge in [0.1, 0.15) is 11.6 Å². The minimum Gasteiger partial charge on any atom is -0.497 e. The SMILES string of the molecule is COc1ccc(CN(N)C(=N)c2cccc3n[nH]c(C)c23)cc1. The van der Waals surface area contributed by atoms with Gasteiger partial charge in [0.15, 0.2) is 0 Å². The summed E-state index contributed by atoms with van der Waals surface area (Å²) < 4.78 is 5.15. The number of aryl methyl sites for hydroxylation is 1. The van der Waals surface area contributed by atoms with Crippen LogP contribution < -0.4 is 10.6 Å². The van der Waals surface area contributed by atoms with Crippen molar-refractivity contribution in [1.29, 1.82) is 5.41 Å². The maximum absolute atomic E-state index is 8.42. The van der Waals surface area contributed by atoms with Gasteiger partial charge in [-0.2, -0.15) is 5.10 Å². The van der Waals surface area contributed by atoms with E-state index in [1.807, 2.05) is 49.4 Å². The van der Waals surface area contributed by atoms with E-state index in [9.17, 15) is 0 Å². The van der Waals surface area contributed by atoms with Gasteiger partial charge in [-0.1, -0.05) is 24.3 Å². The first kappa shape index (κ1) is 15.1. The number of nitrogens with zero attached hydrogens (tertiary/aromatic N) is 2. The second kappa shape index (κ2) is 6.10. The first-order valence-corrected chi connectivity index (χ1v) is 7.28. The summed E-state index contributed by atoms with van der Waals surface area (Å²) >= 11 is 0. The Bertz CT molecular complexity index is 838. The molecule has 0 aliphatic rings. The van der Waals surface area contributed by atoms with E-state index in [0.29, 0.717) is 6.54 Å². The van der Waals surface area contributed by atoms with Crippen LogP contribution in [0.3, 0.4) is 0 Å². The van der Waals surface area contributed by atoms with E-state index < -0.39 is 0 Å². The number of nitrogens with one attached hydrogen (secondary N) is 2. The minimum atomic E-state index is 0.260. The molecule has 0 saturated heterocycles. The number of amidine groups is 1. The van der Waals surface area contributed by atoms with E-state index in [2.05, 4.69) is 10.2 Å². The number of aromatic nitrogens is 2. The van der Waals surface area contributed by atoms with Crippen LogP contribution in [0.2, 0.25) is 0 Å². The quantitative estimate of drug-likeness (QED) is 0.299. The largest absolute Gasteiger partial charge is 0.497 e. The Labute approximate surface area is 134 Å². The lowest BCUT2D eigenvalue weighted by Crippen LogP contribution is -2.36. The number of rotatable bonds is 4. The molecule has 1 heterocycles. The standard InChI is InChI=1S/C17H19N5O/c1-11-16-14(4-3-5-15(16)21-20-11)17(18)22(19)10-12-6-8-13(23-2)9-7-12/h3-9,18H,10,19H2,1-2H3,(H,20,21). The maximum Gasteiger partial charge on any atom is 0.143 e. The molecule has 2 aromatic carbocycles. The number of hydrogen-bond donors (Lipinski definition) is 3. The van der Waals surface area contributed by atoms with Crippen molar-refractivity contribution in [2.75, 3.05) is 7.11 Å². The van der Waals surface area contributed by atoms with Gasteiger partial charge >= 0.3 is 0 Å². The van der Waals surface area contributed by atoms with E-state index in [-0.39, 0.29) is 5.84 Å². The third-order valence-electron chi connectivity index (χ3n) is 3.82. The second-order valence-electron chi connectivity index (χ2n) is 5.37. The monoisotopic (exact) mass is 309 g/mol. The molecule has 4 N–H and O–H groups in total. The molecule has 6 heteroatoms. The number of aromatic amines is 1. The Morgan fingerprint density at radius 2 is 2.00 bits per heavy atom. The van der Waals surface area contributed by atoms with Gasteiger partial charge in [0.25, 0.3) is 0 Å². The molecule has 3 rings (SSSR count). The molecule has 0 amide bonds.